The molecule has 0 amide bonds. The molecule has 1 fully saturated rings. The Bertz CT molecular complexity index is 381. The lowest BCUT2D eigenvalue weighted by molar-refractivity contribution is 0.288. The van der Waals surface area contributed by atoms with Crippen LogP contribution in [0.2, 0.25) is 0 Å². The van der Waals surface area contributed by atoms with Gasteiger partial charge in [0.15, 0.2) is 11.5 Å². The van der Waals surface area contributed by atoms with Crippen LogP contribution < -0.4 is 14.8 Å². The average molecular weight is 263 g/mol. The predicted octanol–water partition coefficient (Wildman–Crippen LogP) is 3.10. The van der Waals surface area contributed by atoms with Crippen LogP contribution >= 0.6 is 0 Å². The molecule has 1 N–H and O–H groups in total. The Hall–Kier alpha value is -1.22. The number of ether oxygens (including phenoxy) is 2. The van der Waals surface area contributed by atoms with Gasteiger partial charge < -0.3 is 14.8 Å². The molecule has 1 aliphatic rings. The van der Waals surface area contributed by atoms with E-state index in [-0.39, 0.29) is 0 Å². The van der Waals surface area contributed by atoms with Crippen LogP contribution in [-0.2, 0) is 0 Å². The molecule has 19 heavy (non-hydrogen) atoms. The van der Waals surface area contributed by atoms with E-state index >= 15 is 0 Å². The lowest BCUT2D eigenvalue weighted by Gasteiger charge is -2.13. The summed E-state index contributed by atoms with van der Waals surface area (Å²) in [6, 6.07) is 7.77. The molecule has 1 aromatic rings. The molecule has 3 nitrogen and oxygen atoms in total. The van der Waals surface area contributed by atoms with Crippen molar-refractivity contribution in [1.82, 2.24) is 5.32 Å². The summed E-state index contributed by atoms with van der Waals surface area (Å²) < 4.78 is 11.0. The highest BCUT2D eigenvalue weighted by Gasteiger charge is 2.20. The van der Waals surface area contributed by atoms with Gasteiger partial charge in [0.2, 0.25) is 0 Å². The van der Waals surface area contributed by atoms with Crippen LogP contribution in [0.3, 0.4) is 0 Å². The number of hydrogen-bond donors (Lipinski definition) is 1. The third-order valence-electron chi connectivity index (χ3n) is 3.84. The Morgan fingerprint density at radius 3 is 2.68 bits per heavy atom. The quantitative estimate of drug-likeness (QED) is 0.767. The molecule has 0 spiro atoms. The van der Waals surface area contributed by atoms with Crippen molar-refractivity contribution in [3.05, 3.63) is 24.3 Å². The highest BCUT2D eigenvalue weighted by Crippen LogP contribution is 2.29. The third-order valence-corrected chi connectivity index (χ3v) is 3.84. The molecule has 1 saturated carbocycles. The second-order valence-corrected chi connectivity index (χ2v) is 5.49. The zero-order valence-corrected chi connectivity index (χ0v) is 12.0. The Morgan fingerprint density at radius 1 is 1.21 bits per heavy atom. The maximum atomic E-state index is 5.73. The van der Waals surface area contributed by atoms with Gasteiger partial charge in [0.1, 0.15) is 6.61 Å². The predicted molar refractivity (Wildman–Crippen MR) is 77.9 cm³/mol. The van der Waals surface area contributed by atoms with Crippen molar-refractivity contribution in [2.45, 2.75) is 26.2 Å². The molecule has 3 heteroatoms. The molecule has 2 rings (SSSR count). The van der Waals surface area contributed by atoms with Crippen LogP contribution in [-0.4, -0.2) is 26.8 Å². The molecule has 0 aliphatic heterocycles. The normalized spacial score (nSPS) is 22.4. The summed E-state index contributed by atoms with van der Waals surface area (Å²) in [4.78, 5) is 0. The summed E-state index contributed by atoms with van der Waals surface area (Å²) in [5.74, 6) is 3.39. The van der Waals surface area contributed by atoms with Crippen molar-refractivity contribution in [3.8, 4) is 11.5 Å². The van der Waals surface area contributed by atoms with E-state index < -0.39 is 0 Å². The van der Waals surface area contributed by atoms with Gasteiger partial charge in [-0.3, -0.25) is 0 Å². The van der Waals surface area contributed by atoms with Crippen molar-refractivity contribution >= 4 is 0 Å². The Kier molecular flexibility index (Phi) is 5.52. The van der Waals surface area contributed by atoms with Gasteiger partial charge in [0, 0.05) is 6.54 Å². The summed E-state index contributed by atoms with van der Waals surface area (Å²) >= 11 is 0. The van der Waals surface area contributed by atoms with Crippen LogP contribution in [0.25, 0.3) is 0 Å². The fraction of sp³-hybridized carbons (Fsp3) is 0.625. The molecule has 0 radical (unpaired) electrons. The first kappa shape index (κ1) is 14.2. The molecule has 1 aromatic carbocycles. The van der Waals surface area contributed by atoms with Gasteiger partial charge in [-0.1, -0.05) is 25.5 Å². The molecule has 0 heterocycles. The second-order valence-electron chi connectivity index (χ2n) is 5.49. The Labute approximate surface area is 116 Å². The molecule has 106 valence electrons. The van der Waals surface area contributed by atoms with Gasteiger partial charge in [-0.05, 0) is 43.4 Å². The molecule has 0 aromatic heterocycles. The molecule has 2 atom stereocenters. The van der Waals surface area contributed by atoms with E-state index in [2.05, 4.69) is 12.2 Å². The maximum Gasteiger partial charge on any atom is 0.161 e. The van der Waals surface area contributed by atoms with E-state index in [1.54, 1.807) is 7.11 Å². The van der Waals surface area contributed by atoms with Gasteiger partial charge in [-0.25, -0.2) is 0 Å². The van der Waals surface area contributed by atoms with E-state index in [0.29, 0.717) is 6.61 Å². The lowest BCUT2D eigenvalue weighted by atomic mass is 10.1. The third kappa shape index (κ3) is 4.43. The van der Waals surface area contributed by atoms with Crippen LogP contribution in [0.4, 0.5) is 0 Å². The maximum absolute atomic E-state index is 5.73. The van der Waals surface area contributed by atoms with Crippen LogP contribution in [0.1, 0.15) is 26.2 Å². The van der Waals surface area contributed by atoms with Gasteiger partial charge >= 0.3 is 0 Å². The lowest BCUT2D eigenvalue weighted by Crippen LogP contribution is -2.26. The largest absolute Gasteiger partial charge is 0.493 e. The van der Waals surface area contributed by atoms with E-state index in [9.17, 15) is 0 Å². The van der Waals surface area contributed by atoms with E-state index in [1.807, 2.05) is 24.3 Å². The van der Waals surface area contributed by atoms with Gasteiger partial charge in [-0.15, -0.1) is 0 Å². The van der Waals surface area contributed by atoms with Gasteiger partial charge in [0.25, 0.3) is 0 Å². The van der Waals surface area contributed by atoms with Crippen molar-refractivity contribution in [2.24, 2.45) is 11.8 Å². The SMILES string of the molecule is COc1ccccc1OCCNCC1CCC(C)C1. The van der Waals surface area contributed by atoms with Crippen molar-refractivity contribution in [1.29, 1.82) is 0 Å². The second kappa shape index (κ2) is 7.39. The summed E-state index contributed by atoms with van der Waals surface area (Å²) in [6.07, 6.45) is 4.14. The standard InChI is InChI=1S/C16H25NO2/c1-13-7-8-14(11-13)12-17-9-10-19-16-6-4-3-5-15(16)18-2/h3-6,13-14,17H,7-12H2,1-2H3. The number of nitrogens with one attached hydrogen (secondary N) is 1. The Morgan fingerprint density at radius 2 is 2.00 bits per heavy atom. The van der Waals surface area contributed by atoms with Crippen molar-refractivity contribution in [2.75, 3.05) is 26.8 Å². The van der Waals surface area contributed by atoms with E-state index in [1.165, 1.54) is 19.3 Å². The smallest absolute Gasteiger partial charge is 0.161 e. The monoisotopic (exact) mass is 263 g/mol. The Balaban J connectivity index is 1.61. The highest BCUT2D eigenvalue weighted by atomic mass is 16.5. The number of benzene rings is 1. The highest BCUT2D eigenvalue weighted by molar-refractivity contribution is 5.39. The minimum Gasteiger partial charge on any atom is -0.493 e. The molecule has 1 aliphatic carbocycles. The van der Waals surface area contributed by atoms with E-state index in [4.69, 9.17) is 9.47 Å². The number of rotatable bonds is 7. The van der Waals surface area contributed by atoms with Crippen LogP contribution in [0.15, 0.2) is 24.3 Å². The molecule has 0 bridgehead atoms. The summed E-state index contributed by atoms with van der Waals surface area (Å²) in [5, 5.41) is 3.49. The first-order chi connectivity index (χ1) is 9.29. The van der Waals surface area contributed by atoms with Crippen LogP contribution in [0, 0.1) is 11.8 Å². The van der Waals surface area contributed by atoms with Crippen molar-refractivity contribution < 1.29 is 9.47 Å². The number of hydrogen-bond acceptors (Lipinski definition) is 3. The first-order valence-electron chi connectivity index (χ1n) is 7.26. The summed E-state index contributed by atoms with van der Waals surface area (Å²) in [7, 11) is 1.67. The molecular weight excluding hydrogens is 238 g/mol. The van der Waals surface area contributed by atoms with Gasteiger partial charge in [0.05, 0.1) is 7.11 Å². The minimum atomic E-state index is 0.683. The van der Waals surface area contributed by atoms with Crippen LogP contribution in [0.5, 0.6) is 11.5 Å². The number of methoxy groups -OCH3 is 1. The zero-order valence-electron chi connectivity index (χ0n) is 12.0. The molecule has 2 unspecified atom stereocenters. The summed E-state index contributed by atoms with van der Waals surface area (Å²) in [5.41, 5.74) is 0. The average Bonchev–Trinajstić information content (AvgIpc) is 2.84. The van der Waals surface area contributed by atoms with Gasteiger partial charge in [-0.2, -0.15) is 0 Å². The topological polar surface area (TPSA) is 30.5 Å². The zero-order chi connectivity index (χ0) is 13.5. The van der Waals surface area contributed by atoms with Crippen molar-refractivity contribution in [3.63, 3.8) is 0 Å². The molecular formula is C16H25NO2. The number of para-hydroxylation sites is 2. The van der Waals surface area contributed by atoms with E-state index in [0.717, 1.165) is 36.4 Å². The fourth-order valence-corrected chi connectivity index (χ4v) is 2.79. The first-order valence-corrected chi connectivity index (χ1v) is 7.26. The summed E-state index contributed by atoms with van der Waals surface area (Å²) in [6.45, 7) is 5.05. The molecule has 0 saturated heterocycles. The fourth-order valence-electron chi connectivity index (χ4n) is 2.79. The minimum absolute atomic E-state index is 0.683.